The highest BCUT2D eigenvalue weighted by atomic mass is 19.1. The number of aromatic nitrogens is 1. The average molecular weight is 267 g/mol. The lowest BCUT2D eigenvalue weighted by molar-refractivity contribution is -0.115. The molecule has 20 heavy (non-hydrogen) atoms. The number of pyridine rings is 1. The van der Waals surface area contributed by atoms with E-state index in [1.807, 2.05) is 6.07 Å². The molecule has 1 aromatic heterocycles. The monoisotopic (exact) mass is 267 g/mol. The molecule has 0 bridgehead atoms. The van der Waals surface area contributed by atoms with Gasteiger partial charge in [0.15, 0.2) is 0 Å². The molecule has 98 valence electrons. The normalized spacial score (nSPS) is 16.1. The Kier molecular flexibility index (Phi) is 3.09. The van der Waals surface area contributed by atoms with Crippen LogP contribution in [-0.2, 0) is 4.79 Å². The second kappa shape index (κ2) is 5.05. The van der Waals surface area contributed by atoms with Gasteiger partial charge in [-0.15, -0.1) is 0 Å². The minimum Gasteiger partial charge on any atom is -0.305 e. The molecule has 0 saturated heterocycles. The van der Waals surface area contributed by atoms with Crippen molar-refractivity contribution in [3.63, 3.8) is 0 Å². The molecule has 1 aromatic carbocycles. The van der Waals surface area contributed by atoms with Gasteiger partial charge in [0, 0.05) is 12.4 Å². The van der Waals surface area contributed by atoms with E-state index in [0.29, 0.717) is 0 Å². The summed E-state index contributed by atoms with van der Waals surface area (Å²) in [7, 11) is 0. The van der Waals surface area contributed by atoms with Gasteiger partial charge in [0.05, 0.1) is 5.56 Å². The standard InChI is InChI=1S/C15H10FN3O/c16-12-6-2-1-5-11(12)14-18-13(15(20)19-14)8-10-4-3-7-17-9-10/h1-9H,(H,18,19,20)/b13-8+. The lowest BCUT2D eigenvalue weighted by Gasteiger charge is -2.00. The summed E-state index contributed by atoms with van der Waals surface area (Å²) < 4.78 is 13.7. The maximum Gasteiger partial charge on any atom is 0.275 e. The molecule has 3 rings (SSSR count). The van der Waals surface area contributed by atoms with Crippen molar-refractivity contribution in [1.82, 2.24) is 10.3 Å². The molecule has 2 aromatic rings. The van der Waals surface area contributed by atoms with Gasteiger partial charge < -0.3 is 5.32 Å². The Hall–Kier alpha value is -2.82. The fourth-order valence-electron chi connectivity index (χ4n) is 1.87. The highest BCUT2D eigenvalue weighted by molar-refractivity contribution is 6.19. The summed E-state index contributed by atoms with van der Waals surface area (Å²) in [4.78, 5) is 19.9. The minimum atomic E-state index is -0.422. The summed E-state index contributed by atoms with van der Waals surface area (Å²) in [6, 6.07) is 9.75. The number of amidine groups is 1. The average Bonchev–Trinajstić information content (AvgIpc) is 2.81. The van der Waals surface area contributed by atoms with Crippen LogP contribution < -0.4 is 5.32 Å². The van der Waals surface area contributed by atoms with Crippen LogP contribution in [0.25, 0.3) is 6.08 Å². The fraction of sp³-hybridized carbons (Fsp3) is 0. The van der Waals surface area contributed by atoms with Crippen molar-refractivity contribution in [2.75, 3.05) is 0 Å². The van der Waals surface area contributed by atoms with Gasteiger partial charge >= 0.3 is 0 Å². The number of rotatable bonds is 2. The maximum absolute atomic E-state index is 13.7. The summed E-state index contributed by atoms with van der Waals surface area (Å²) >= 11 is 0. The van der Waals surface area contributed by atoms with Crippen molar-refractivity contribution in [2.24, 2.45) is 4.99 Å². The number of benzene rings is 1. The number of aliphatic imine (C=N–C) groups is 1. The van der Waals surface area contributed by atoms with E-state index in [9.17, 15) is 9.18 Å². The van der Waals surface area contributed by atoms with E-state index in [2.05, 4.69) is 15.3 Å². The first-order chi connectivity index (χ1) is 9.74. The summed E-state index contributed by atoms with van der Waals surface area (Å²) in [5.74, 6) is -0.551. The van der Waals surface area contributed by atoms with Crippen molar-refractivity contribution in [3.8, 4) is 0 Å². The molecular weight excluding hydrogens is 257 g/mol. The lowest BCUT2D eigenvalue weighted by atomic mass is 10.2. The van der Waals surface area contributed by atoms with Gasteiger partial charge in [0.25, 0.3) is 5.91 Å². The Morgan fingerprint density at radius 2 is 2.00 bits per heavy atom. The molecule has 0 saturated carbocycles. The Balaban J connectivity index is 1.98. The predicted molar refractivity (Wildman–Crippen MR) is 73.3 cm³/mol. The van der Waals surface area contributed by atoms with Crippen molar-refractivity contribution in [2.45, 2.75) is 0 Å². The SMILES string of the molecule is O=C1NC(c2ccccc2F)=N/C1=C/c1cccnc1. The number of hydrogen-bond donors (Lipinski definition) is 1. The van der Waals surface area contributed by atoms with Crippen LogP contribution in [0.1, 0.15) is 11.1 Å². The molecule has 5 heteroatoms. The Morgan fingerprint density at radius 3 is 2.75 bits per heavy atom. The zero-order valence-corrected chi connectivity index (χ0v) is 10.4. The zero-order valence-electron chi connectivity index (χ0n) is 10.4. The van der Waals surface area contributed by atoms with Crippen molar-refractivity contribution >= 4 is 17.8 Å². The van der Waals surface area contributed by atoms with Gasteiger partial charge in [-0.3, -0.25) is 9.78 Å². The molecule has 1 aliphatic heterocycles. The number of amides is 1. The van der Waals surface area contributed by atoms with Gasteiger partial charge in [-0.2, -0.15) is 0 Å². The molecule has 1 amide bonds. The number of carbonyl (C=O) groups is 1. The van der Waals surface area contributed by atoms with Crippen LogP contribution in [0.3, 0.4) is 0 Å². The highest BCUT2D eigenvalue weighted by Gasteiger charge is 2.22. The summed E-state index contributed by atoms with van der Waals surface area (Å²) in [6.45, 7) is 0. The molecule has 0 radical (unpaired) electrons. The van der Waals surface area contributed by atoms with Crippen molar-refractivity contribution in [3.05, 3.63) is 71.4 Å². The van der Waals surface area contributed by atoms with Gasteiger partial charge in [0.2, 0.25) is 0 Å². The molecular formula is C15H10FN3O. The first kappa shape index (κ1) is 12.2. The highest BCUT2D eigenvalue weighted by Crippen LogP contribution is 2.16. The second-order valence-electron chi connectivity index (χ2n) is 4.21. The van der Waals surface area contributed by atoms with E-state index in [1.165, 1.54) is 6.07 Å². The quantitative estimate of drug-likeness (QED) is 0.847. The van der Waals surface area contributed by atoms with Crippen LogP contribution in [0, 0.1) is 5.82 Å². The first-order valence-electron chi connectivity index (χ1n) is 6.01. The number of hydrogen-bond acceptors (Lipinski definition) is 3. The van der Waals surface area contributed by atoms with Crippen LogP contribution in [0.5, 0.6) is 0 Å². The number of nitrogens with zero attached hydrogens (tertiary/aromatic N) is 2. The summed E-state index contributed by atoms with van der Waals surface area (Å²) in [6.07, 6.45) is 4.87. The minimum absolute atomic E-state index is 0.225. The molecule has 2 heterocycles. The largest absolute Gasteiger partial charge is 0.305 e. The van der Waals surface area contributed by atoms with E-state index in [0.717, 1.165) is 5.56 Å². The van der Waals surface area contributed by atoms with E-state index >= 15 is 0 Å². The van der Waals surface area contributed by atoms with Crippen molar-refractivity contribution < 1.29 is 9.18 Å². The third-order valence-electron chi connectivity index (χ3n) is 2.81. The van der Waals surface area contributed by atoms with Crippen LogP contribution in [0.2, 0.25) is 0 Å². The Labute approximate surface area is 114 Å². The molecule has 0 atom stereocenters. The van der Waals surface area contributed by atoms with Gasteiger partial charge in [0.1, 0.15) is 17.3 Å². The molecule has 1 aliphatic rings. The van der Waals surface area contributed by atoms with Crippen LogP contribution >= 0.6 is 0 Å². The van der Waals surface area contributed by atoms with Crippen LogP contribution in [0.4, 0.5) is 4.39 Å². The molecule has 0 spiro atoms. The van der Waals surface area contributed by atoms with Gasteiger partial charge in [-0.25, -0.2) is 9.38 Å². The van der Waals surface area contributed by atoms with Gasteiger partial charge in [-0.1, -0.05) is 18.2 Å². The fourth-order valence-corrected chi connectivity index (χ4v) is 1.87. The van der Waals surface area contributed by atoms with E-state index in [-0.39, 0.29) is 23.0 Å². The molecule has 4 nitrogen and oxygen atoms in total. The lowest BCUT2D eigenvalue weighted by Crippen LogP contribution is -2.25. The third kappa shape index (κ3) is 2.33. The zero-order chi connectivity index (χ0) is 13.9. The van der Waals surface area contributed by atoms with Crippen molar-refractivity contribution in [1.29, 1.82) is 0 Å². The number of halogens is 1. The molecule has 0 fully saturated rings. The third-order valence-corrected chi connectivity index (χ3v) is 2.81. The molecule has 1 N–H and O–H groups in total. The van der Waals surface area contributed by atoms with Crippen LogP contribution in [0.15, 0.2) is 59.5 Å². The first-order valence-corrected chi connectivity index (χ1v) is 6.01. The van der Waals surface area contributed by atoms with E-state index < -0.39 is 5.82 Å². The number of carbonyl (C=O) groups excluding carboxylic acids is 1. The van der Waals surface area contributed by atoms with Gasteiger partial charge in [-0.05, 0) is 29.8 Å². The maximum atomic E-state index is 13.7. The summed E-state index contributed by atoms with van der Waals surface area (Å²) in [5, 5.41) is 2.56. The second-order valence-corrected chi connectivity index (χ2v) is 4.21. The predicted octanol–water partition coefficient (Wildman–Crippen LogP) is 2.14. The Bertz CT molecular complexity index is 723. The van der Waals surface area contributed by atoms with Crippen LogP contribution in [-0.4, -0.2) is 16.7 Å². The number of nitrogens with one attached hydrogen (secondary N) is 1. The smallest absolute Gasteiger partial charge is 0.275 e. The Morgan fingerprint density at radius 1 is 1.15 bits per heavy atom. The summed E-state index contributed by atoms with van der Waals surface area (Å²) in [5.41, 5.74) is 1.27. The van der Waals surface area contributed by atoms with E-state index in [1.54, 1.807) is 42.7 Å². The molecule has 0 unspecified atom stereocenters. The molecule has 0 aliphatic carbocycles. The van der Waals surface area contributed by atoms with E-state index in [4.69, 9.17) is 0 Å². The topological polar surface area (TPSA) is 54.4 Å².